The van der Waals surface area contributed by atoms with E-state index in [1.165, 1.54) is 39.7 Å². The highest BCUT2D eigenvalue weighted by Gasteiger charge is 2.43. The summed E-state index contributed by atoms with van der Waals surface area (Å²) >= 11 is 5.41. The zero-order chi connectivity index (χ0) is 42.0. The molecular formula is C42H37ClF2N10O4. The lowest BCUT2D eigenvalue weighted by molar-refractivity contribution is -0.0169. The van der Waals surface area contributed by atoms with Crippen molar-refractivity contribution in [3.63, 3.8) is 0 Å². The van der Waals surface area contributed by atoms with Crippen LogP contribution in [0.5, 0.6) is 0 Å². The Labute approximate surface area is 338 Å². The SMILES string of the molecule is CN1C(C)(C)CC(NC(=O)c2ccc(-n3[nH]c4c(nnc5c(F)cccc54)c3=O)cc2)CC1(C)C.O=C(Cl)c1ccc(-n2[nH]c3c(nnc4c(F)cccc43)c2=O)cc1. The fourth-order valence-corrected chi connectivity index (χ4v) is 7.99. The van der Waals surface area contributed by atoms with Crippen LogP contribution in [0.4, 0.5) is 8.78 Å². The molecule has 1 saturated heterocycles. The van der Waals surface area contributed by atoms with E-state index in [0.717, 1.165) is 12.8 Å². The number of nitrogens with one attached hydrogen (secondary N) is 3. The van der Waals surface area contributed by atoms with Crippen LogP contribution in [0, 0.1) is 11.6 Å². The fraction of sp³-hybridized carbons (Fsp3) is 0.238. The zero-order valence-electron chi connectivity index (χ0n) is 32.5. The van der Waals surface area contributed by atoms with Crippen LogP contribution < -0.4 is 16.4 Å². The number of H-pyrrole nitrogens is 2. The van der Waals surface area contributed by atoms with E-state index in [9.17, 15) is 28.0 Å². The van der Waals surface area contributed by atoms with Crippen molar-refractivity contribution in [3.05, 3.63) is 128 Å². The van der Waals surface area contributed by atoms with Crippen LogP contribution >= 0.6 is 11.6 Å². The number of likely N-dealkylation sites (tertiary alicyclic amines) is 1. The summed E-state index contributed by atoms with van der Waals surface area (Å²) in [4.78, 5) is 51.9. The molecule has 17 heteroatoms. The minimum absolute atomic E-state index is 0.0314. The van der Waals surface area contributed by atoms with Gasteiger partial charge < -0.3 is 5.32 Å². The first kappa shape index (κ1) is 39.2. The average Bonchev–Trinajstić information content (AvgIpc) is 3.73. The zero-order valence-corrected chi connectivity index (χ0v) is 33.2. The maximum absolute atomic E-state index is 14.1. The van der Waals surface area contributed by atoms with Crippen molar-refractivity contribution in [2.45, 2.75) is 57.7 Å². The van der Waals surface area contributed by atoms with Crippen molar-refractivity contribution in [3.8, 4) is 11.4 Å². The molecule has 4 aromatic carbocycles. The molecule has 1 fully saturated rings. The molecule has 0 unspecified atom stereocenters. The van der Waals surface area contributed by atoms with Gasteiger partial charge in [0.2, 0.25) is 0 Å². The van der Waals surface area contributed by atoms with Gasteiger partial charge in [-0.3, -0.25) is 34.3 Å². The topological polar surface area (TPSA) is 177 Å². The van der Waals surface area contributed by atoms with Crippen molar-refractivity contribution in [2.75, 3.05) is 7.05 Å². The summed E-state index contributed by atoms with van der Waals surface area (Å²) in [7, 11) is 2.13. The summed E-state index contributed by atoms with van der Waals surface area (Å²) in [6.07, 6.45) is 1.72. The first-order valence-corrected chi connectivity index (χ1v) is 19.0. The van der Waals surface area contributed by atoms with Gasteiger partial charge in [0.25, 0.3) is 22.3 Å². The number of benzene rings is 4. The Kier molecular flexibility index (Phi) is 9.71. The molecule has 4 aromatic heterocycles. The van der Waals surface area contributed by atoms with E-state index < -0.39 is 28.0 Å². The lowest BCUT2D eigenvalue weighted by Gasteiger charge is -2.53. The Morgan fingerprint density at radius 3 is 1.49 bits per heavy atom. The van der Waals surface area contributed by atoms with E-state index >= 15 is 0 Å². The molecule has 1 aliphatic heterocycles. The fourth-order valence-electron chi connectivity index (χ4n) is 7.86. The molecule has 8 aromatic rings. The van der Waals surface area contributed by atoms with Gasteiger partial charge in [-0.05, 0) is 120 Å². The number of nitrogens with zero attached hydrogens (tertiary/aromatic N) is 7. The van der Waals surface area contributed by atoms with Crippen molar-refractivity contribution in [1.82, 2.24) is 50.2 Å². The lowest BCUT2D eigenvalue weighted by atomic mass is 9.77. The number of amides is 1. The van der Waals surface area contributed by atoms with E-state index in [4.69, 9.17) is 11.6 Å². The smallest absolute Gasteiger partial charge is 0.299 e. The Morgan fingerprint density at radius 1 is 0.661 bits per heavy atom. The normalized spacial score (nSPS) is 15.4. The minimum Gasteiger partial charge on any atom is -0.349 e. The highest BCUT2D eigenvalue weighted by Crippen LogP contribution is 2.37. The number of carbonyl (C=O) groups excluding carboxylic acids is 2. The van der Waals surface area contributed by atoms with Gasteiger partial charge in [-0.25, -0.2) is 18.1 Å². The van der Waals surface area contributed by atoms with Crippen molar-refractivity contribution < 1.29 is 18.4 Å². The molecule has 0 saturated carbocycles. The molecular weight excluding hydrogens is 782 g/mol. The molecule has 5 heterocycles. The number of aromatic amines is 2. The number of rotatable bonds is 5. The molecule has 0 spiro atoms. The van der Waals surface area contributed by atoms with Crippen LogP contribution in [0.2, 0.25) is 0 Å². The summed E-state index contributed by atoms with van der Waals surface area (Å²) in [5.74, 6) is -1.16. The van der Waals surface area contributed by atoms with Crippen LogP contribution in [0.15, 0.2) is 94.5 Å². The number of piperidine rings is 1. The summed E-state index contributed by atoms with van der Waals surface area (Å²) < 4.78 is 30.5. The van der Waals surface area contributed by atoms with E-state index in [2.05, 4.69) is 75.6 Å². The Morgan fingerprint density at radius 2 is 1.07 bits per heavy atom. The molecule has 0 atom stereocenters. The molecule has 0 aliphatic carbocycles. The second-order valence-electron chi connectivity index (χ2n) is 15.8. The molecule has 1 amide bonds. The standard InChI is InChI=1S/C26H29FN6O2.C16H8ClFN4O2/c1-25(2)13-16(14-26(3,4)32(25)5)28-23(34)15-9-11-17(12-10-15)33-24(35)22-21(31-33)18-7-6-8-19(27)20(18)29-30-22;17-15(23)8-4-6-9(7-5-8)22-16(24)14-13(21-22)10-2-1-3-11(18)12(10)19-20-14/h6-12,16,31H,13-14H2,1-5H3,(H,28,34);1-7,21H. The first-order valence-electron chi connectivity index (χ1n) is 18.6. The Hall–Kier alpha value is -6.65. The predicted octanol–water partition coefficient (Wildman–Crippen LogP) is 6.56. The van der Waals surface area contributed by atoms with E-state index in [0.29, 0.717) is 44.3 Å². The highest BCUT2D eigenvalue weighted by atomic mass is 35.5. The van der Waals surface area contributed by atoms with Gasteiger partial charge in [-0.15, -0.1) is 20.4 Å². The number of aromatic nitrogens is 8. The Bertz CT molecular complexity index is 3060. The largest absolute Gasteiger partial charge is 0.349 e. The lowest BCUT2D eigenvalue weighted by Crippen LogP contribution is -2.62. The summed E-state index contributed by atoms with van der Waals surface area (Å²) in [6.45, 7) is 8.79. The molecule has 3 N–H and O–H groups in total. The van der Waals surface area contributed by atoms with Gasteiger partial charge in [-0.2, -0.15) is 0 Å². The van der Waals surface area contributed by atoms with Gasteiger partial charge in [0.05, 0.1) is 22.4 Å². The predicted molar refractivity (Wildman–Crippen MR) is 220 cm³/mol. The van der Waals surface area contributed by atoms with E-state index in [-0.39, 0.29) is 45.1 Å². The molecule has 59 heavy (non-hydrogen) atoms. The first-order chi connectivity index (χ1) is 28.0. The quantitative estimate of drug-likeness (QED) is 0.162. The van der Waals surface area contributed by atoms with Crippen molar-refractivity contribution in [1.29, 1.82) is 0 Å². The monoisotopic (exact) mass is 818 g/mol. The summed E-state index contributed by atoms with van der Waals surface area (Å²) in [6, 6.07) is 22.0. The Balaban J connectivity index is 0.000000176. The van der Waals surface area contributed by atoms with Gasteiger partial charge in [-0.1, -0.05) is 24.3 Å². The summed E-state index contributed by atoms with van der Waals surface area (Å²) in [5, 5.41) is 24.9. The minimum atomic E-state index is -0.585. The number of fused-ring (bicyclic) bond motifs is 6. The number of carbonyl (C=O) groups is 2. The number of hydrogen-bond acceptors (Lipinski definition) is 9. The maximum atomic E-state index is 14.1. The number of halogens is 3. The average molecular weight is 819 g/mol. The second-order valence-corrected chi connectivity index (χ2v) is 16.1. The van der Waals surface area contributed by atoms with Gasteiger partial charge in [0, 0.05) is 39.0 Å². The third-order valence-electron chi connectivity index (χ3n) is 11.1. The van der Waals surface area contributed by atoms with Crippen LogP contribution in [-0.2, 0) is 0 Å². The summed E-state index contributed by atoms with van der Waals surface area (Å²) in [5.41, 5.74) is 2.19. The number of hydrogen-bond donors (Lipinski definition) is 3. The second kappa shape index (κ2) is 14.6. The molecule has 1 aliphatic rings. The van der Waals surface area contributed by atoms with Crippen molar-refractivity contribution in [2.24, 2.45) is 0 Å². The van der Waals surface area contributed by atoms with E-state index in [1.54, 1.807) is 54.6 Å². The highest BCUT2D eigenvalue weighted by molar-refractivity contribution is 6.67. The third kappa shape index (κ3) is 7.03. The molecule has 14 nitrogen and oxygen atoms in total. The maximum Gasteiger partial charge on any atom is 0.299 e. The van der Waals surface area contributed by atoms with Gasteiger partial charge >= 0.3 is 0 Å². The van der Waals surface area contributed by atoms with Crippen molar-refractivity contribution >= 4 is 66.6 Å². The third-order valence-corrected chi connectivity index (χ3v) is 11.3. The van der Waals surface area contributed by atoms with Gasteiger partial charge in [0.15, 0.2) is 22.7 Å². The van der Waals surface area contributed by atoms with E-state index in [1.807, 2.05) is 0 Å². The molecule has 300 valence electrons. The van der Waals surface area contributed by atoms with Crippen LogP contribution in [0.3, 0.4) is 0 Å². The van der Waals surface area contributed by atoms with Crippen LogP contribution in [0.1, 0.15) is 61.3 Å². The molecule has 9 rings (SSSR count). The molecule has 0 radical (unpaired) electrons. The van der Waals surface area contributed by atoms with Crippen LogP contribution in [-0.4, -0.2) is 80.2 Å². The van der Waals surface area contributed by atoms with Crippen LogP contribution in [0.25, 0.3) is 55.2 Å². The van der Waals surface area contributed by atoms with Gasteiger partial charge in [0.1, 0.15) is 11.0 Å². The molecule has 0 bridgehead atoms.